The predicted octanol–water partition coefficient (Wildman–Crippen LogP) is 2.71. The molecule has 0 aliphatic carbocycles. The van der Waals surface area contributed by atoms with E-state index >= 15 is 0 Å². The van der Waals surface area contributed by atoms with Crippen LogP contribution < -0.4 is 15.2 Å². The van der Waals surface area contributed by atoms with Crippen LogP contribution >= 0.6 is 0 Å². The SMILES string of the molecule is CCN1C(=O)C(C(C)C)Oc2c(-c3cn(C)c(=O)c4[nH]ccc34)cc(S(C)(=O)=O)cc21. The van der Waals surface area contributed by atoms with E-state index in [1.165, 1.54) is 10.6 Å². The molecule has 3 heterocycles. The van der Waals surface area contributed by atoms with Gasteiger partial charge in [-0.15, -0.1) is 0 Å². The summed E-state index contributed by atoms with van der Waals surface area (Å²) in [6, 6.07) is 4.82. The number of sulfone groups is 1. The van der Waals surface area contributed by atoms with E-state index in [0.29, 0.717) is 40.0 Å². The van der Waals surface area contributed by atoms with Gasteiger partial charge in [-0.1, -0.05) is 13.8 Å². The Kier molecular flexibility index (Phi) is 4.96. The smallest absolute Gasteiger partial charge is 0.274 e. The Balaban J connectivity index is 2.12. The molecule has 0 radical (unpaired) electrons. The fourth-order valence-electron chi connectivity index (χ4n) is 4.01. The molecule has 2 aromatic heterocycles. The minimum Gasteiger partial charge on any atom is -0.477 e. The molecule has 1 amide bonds. The molecule has 31 heavy (non-hydrogen) atoms. The number of aromatic amines is 1. The quantitative estimate of drug-likeness (QED) is 0.668. The average molecular weight is 444 g/mol. The van der Waals surface area contributed by atoms with Crippen molar-refractivity contribution in [2.45, 2.75) is 31.8 Å². The van der Waals surface area contributed by atoms with Crippen molar-refractivity contribution in [3.8, 4) is 16.9 Å². The van der Waals surface area contributed by atoms with Crippen LogP contribution in [0.15, 0.2) is 40.3 Å². The first-order valence-corrected chi connectivity index (χ1v) is 12.0. The highest BCUT2D eigenvalue weighted by molar-refractivity contribution is 7.90. The van der Waals surface area contributed by atoms with Gasteiger partial charge in [0.2, 0.25) is 0 Å². The second kappa shape index (κ2) is 7.26. The van der Waals surface area contributed by atoms with E-state index in [4.69, 9.17) is 4.74 Å². The van der Waals surface area contributed by atoms with Gasteiger partial charge in [-0.05, 0) is 31.0 Å². The number of rotatable bonds is 4. The molecular formula is C22H25N3O5S. The maximum Gasteiger partial charge on any atom is 0.274 e. The molecule has 0 bridgehead atoms. The lowest BCUT2D eigenvalue weighted by atomic mass is 9.98. The molecule has 8 nitrogen and oxygen atoms in total. The molecule has 0 fully saturated rings. The standard InChI is InChI=1S/C22H25N3O5S/c1-6-25-17-10-13(31(5,28)29)9-15(20(17)30-19(12(2)3)22(25)27)16-11-24(4)21(26)18-14(16)7-8-23-18/h7-12,19,23H,6H2,1-5H3. The van der Waals surface area contributed by atoms with Gasteiger partial charge in [-0.3, -0.25) is 9.59 Å². The maximum atomic E-state index is 13.0. The Morgan fingerprint density at radius 1 is 1.19 bits per heavy atom. The van der Waals surface area contributed by atoms with E-state index in [1.54, 1.807) is 36.5 Å². The maximum absolute atomic E-state index is 13.0. The average Bonchev–Trinajstić information content (AvgIpc) is 3.18. The highest BCUT2D eigenvalue weighted by Gasteiger charge is 2.38. The fraction of sp³-hybridized carbons (Fsp3) is 0.364. The molecule has 1 aliphatic rings. The third kappa shape index (κ3) is 3.33. The molecule has 1 unspecified atom stereocenters. The third-order valence-electron chi connectivity index (χ3n) is 5.62. The van der Waals surface area contributed by atoms with Gasteiger partial charge < -0.3 is 19.2 Å². The van der Waals surface area contributed by atoms with Gasteiger partial charge in [-0.2, -0.15) is 0 Å². The van der Waals surface area contributed by atoms with Crippen molar-refractivity contribution in [1.82, 2.24) is 9.55 Å². The lowest BCUT2D eigenvalue weighted by molar-refractivity contribution is -0.128. The van der Waals surface area contributed by atoms with Crippen LogP contribution in [0.2, 0.25) is 0 Å². The molecular weight excluding hydrogens is 418 g/mol. The summed E-state index contributed by atoms with van der Waals surface area (Å²) in [7, 11) is -1.94. The van der Waals surface area contributed by atoms with Crippen LogP contribution in [0.25, 0.3) is 22.0 Å². The molecule has 1 aliphatic heterocycles. The number of hydrogen-bond donors (Lipinski definition) is 1. The number of carbonyl (C=O) groups excluding carboxylic acids is 1. The van der Waals surface area contributed by atoms with E-state index in [1.807, 2.05) is 20.8 Å². The molecule has 0 saturated heterocycles. The number of hydrogen-bond acceptors (Lipinski definition) is 5. The number of carbonyl (C=O) groups is 1. The number of pyridine rings is 1. The zero-order chi connectivity index (χ0) is 22.7. The second-order valence-corrected chi connectivity index (χ2v) is 10.2. The normalized spacial score (nSPS) is 16.6. The summed E-state index contributed by atoms with van der Waals surface area (Å²) in [5.41, 5.74) is 1.81. The van der Waals surface area contributed by atoms with Crippen molar-refractivity contribution in [1.29, 1.82) is 0 Å². The number of H-pyrrole nitrogens is 1. The molecule has 9 heteroatoms. The molecule has 164 valence electrons. The summed E-state index contributed by atoms with van der Waals surface area (Å²) in [4.78, 5) is 30.2. The summed E-state index contributed by atoms with van der Waals surface area (Å²) in [6.45, 7) is 6.02. The summed E-state index contributed by atoms with van der Waals surface area (Å²) in [5, 5.41) is 0.653. The van der Waals surface area contributed by atoms with Gasteiger partial charge >= 0.3 is 0 Å². The largest absolute Gasteiger partial charge is 0.477 e. The van der Waals surface area contributed by atoms with Crippen LogP contribution in [0.1, 0.15) is 20.8 Å². The first-order chi connectivity index (χ1) is 14.5. The number of nitrogens with zero attached hydrogens (tertiary/aromatic N) is 2. The number of ether oxygens (including phenoxy) is 1. The van der Waals surface area contributed by atoms with Gasteiger partial charge in [0, 0.05) is 48.8 Å². The van der Waals surface area contributed by atoms with Crippen molar-refractivity contribution in [3.05, 3.63) is 40.9 Å². The highest BCUT2D eigenvalue weighted by atomic mass is 32.2. The topological polar surface area (TPSA) is 101 Å². The third-order valence-corrected chi connectivity index (χ3v) is 6.71. The summed E-state index contributed by atoms with van der Waals surface area (Å²) < 4.78 is 32.6. The minimum atomic E-state index is -3.57. The van der Waals surface area contributed by atoms with Crippen molar-refractivity contribution in [2.75, 3.05) is 17.7 Å². The number of aryl methyl sites for hydroxylation is 1. The summed E-state index contributed by atoms with van der Waals surface area (Å²) in [6.07, 6.45) is 3.77. The Morgan fingerprint density at radius 2 is 1.90 bits per heavy atom. The van der Waals surface area contributed by atoms with Crippen LogP contribution in [-0.2, 0) is 21.7 Å². The van der Waals surface area contributed by atoms with Crippen molar-refractivity contribution in [2.24, 2.45) is 13.0 Å². The van der Waals surface area contributed by atoms with E-state index < -0.39 is 15.9 Å². The van der Waals surface area contributed by atoms with E-state index in [0.717, 1.165) is 6.26 Å². The number of likely N-dealkylation sites (N-methyl/N-ethyl adjacent to an activating group) is 1. The van der Waals surface area contributed by atoms with E-state index in [-0.39, 0.29) is 22.3 Å². The number of amides is 1. The monoisotopic (exact) mass is 443 g/mol. The Morgan fingerprint density at radius 3 is 2.52 bits per heavy atom. The molecule has 0 saturated carbocycles. The molecule has 1 atom stereocenters. The van der Waals surface area contributed by atoms with Crippen molar-refractivity contribution in [3.63, 3.8) is 0 Å². The van der Waals surface area contributed by atoms with Gasteiger partial charge in [0.15, 0.2) is 21.7 Å². The number of aromatic nitrogens is 2. The highest BCUT2D eigenvalue weighted by Crippen LogP contribution is 2.46. The van der Waals surface area contributed by atoms with Crippen molar-refractivity contribution < 1.29 is 17.9 Å². The van der Waals surface area contributed by atoms with Gasteiger partial charge in [-0.25, -0.2) is 8.42 Å². The van der Waals surface area contributed by atoms with Gasteiger partial charge in [0.25, 0.3) is 11.5 Å². The number of fused-ring (bicyclic) bond motifs is 2. The Labute approximate surface area is 180 Å². The van der Waals surface area contributed by atoms with Crippen LogP contribution in [0, 0.1) is 5.92 Å². The molecule has 3 aromatic rings. The van der Waals surface area contributed by atoms with E-state index in [2.05, 4.69) is 4.98 Å². The molecule has 4 rings (SSSR count). The van der Waals surface area contributed by atoms with Gasteiger partial charge in [0.05, 0.1) is 10.6 Å². The number of benzene rings is 1. The van der Waals surface area contributed by atoms with Gasteiger partial charge in [0.1, 0.15) is 5.52 Å². The fourth-order valence-corrected chi connectivity index (χ4v) is 4.66. The first kappa shape index (κ1) is 21.2. The lowest BCUT2D eigenvalue weighted by Gasteiger charge is -2.37. The zero-order valence-electron chi connectivity index (χ0n) is 18.1. The van der Waals surface area contributed by atoms with Crippen LogP contribution in [0.4, 0.5) is 5.69 Å². The summed E-state index contributed by atoms with van der Waals surface area (Å²) >= 11 is 0. The number of nitrogens with one attached hydrogen (secondary N) is 1. The van der Waals surface area contributed by atoms with Crippen LogP contribution in [0.3, 0.4) is 0 Å². The molecule has 0 spiro atoms. The molecule has 1 N–H and O–H groups in total. The predicted molar refractivity (Wildman–Crippen MR) is 119 cm³/mol. The zero-order valence-corrected chi connectivity index (χ0v) is 18.9. The van der Waals surface area contributed by atoms with Crippen molar-refractivity contribution >= 4 is 32.3 Å². The summed E-state index contributed by atoms with van der Waals surface area (Å²) in [5.74, 6) is 0.159. The minimum absolute atomic E-state index is 0.0791. The Bertz CT molecular complexity index is 1370. The lowest BCUT2D eigenvalue weighted by Crippen LogP contribution is -2.48. The number of anilines is 1. The first-order valence-electron chi connectivity index (χ1n) is 10.1. The van der Waals surface area contributed by atoms with Crippen LogP contribution in [-0.4, -0.2) is 42.8 Å². The van der Waals surface area contributed by atoms with Crippen LogP contribution in [0.5, 0.6) is 5.75 Å². The van der Waals surface area contributed by atoms with E-state index in [9.17, 15) is 18.0 Å². The second-order valence-electron chi connectivity index (χ2n) is 8.18. The molecule has 1 aromatic carbocycles. The Hall–Kier alpha value is -3.07.